The molecule has 1 amide bonds. The van der Waals surface area contributed by atoms with E-state index in [4.69, 9.17) is 10.00 Å². The molecule has 0 aromatic heterocycles. The first kappa shape index (κ1) is 17.9. The van der Waals surface area contributed by atoms with Crippen molar-refractivity contribution in [3.05, 3.63) is 54.1 Å². The molecule has 0 spiro atoms. The van der Waals surface area contributed by atoms with Crippen LogP contribution in [-0.2, 0) is 14.8 Å². The highest BCUT2D eigenvalue weighted by molar-refractivity contribution is 7.89. The van der Waals surface area contributed by atoms with Gasteiger partial charge in [0.25, 0.3) is 5.91 Å². The second-order valence-electron chi connectivity index (χ2n) is 5.77. The molecule has 0 saturated heterocycles. The lowest BCUT2D eigenvalue weighted by atomic mass is 10.1. The zero-order valence-electron chi connectivity index (χ0n) is 14.0. The van der Waals surface area contributed by atoms with E-state index in [-0.39, 0.29) is 29.3 Å². The van der Waals surface area contributed by atoms with Gasteiger partial charge in [-0.15, -0.1) is 0 Å². The Kier molecular flexibility index (Phi) is 4.93. The molecule has 0 fully saturated rings. The van der Waals surface area contributed by atoms with Crippen LogP contribution in [-0.4, -0.2) is 34.0 Å². The monoisotopic (exact) mass is 371 g/mol. The lowest BCUT2D eigenvalue weighted by Crippen LogP contribution is -2.45. The molecule has 8 heteroatoms. The second-order valence-corrected chi connectivity index (χ2v) is 7.50. The van der Waals surface area contributed by atoms with Crippen LogP contribution in [0.15, 0.2) is 53.4 Å². The van der Waals surface area contributed by atoms with E-state index in [1.54, 1.807) is 37.4 Å². The van der Waals surface area contributed by atoms with Crippen molar-refractivity contribution in [2.45, 2.75) is 17.4 Å². The average Bonchev–Trinajstić information content (AvgIpc) is 2.65. The number of nitrogens with zero attached hydrogens (tertiary/aromatic N) is 2. The highest BCUT2D eigenvalue weighted by Crippen LogP contribution is 2.33. The Morgan fingerprint density at radius 2 is 1.88 bits per heavy atom. The largest absolute Gasteiger partial charge is 0.478 e. The Bertz CT molecular complexity index is 982. The number of ether oxygens (including phenoxy) is 1. The number of sulfonamides is 1. The summed E-state index contributed by atoms with van der Waals surface area (Å²) in [6, 6.07) is 15.0. The first-order valence-corrected chi connectivity index (χ1v) is 9.44. The molecule has 2 aromatic carbocycles. The number of hydrogen-bond donors (Lipinski definition) is 1. The quantitative estimate of drug-likeness (QED) is 0.861. The molecular formula is C18H17N3O4S. The summed E-state index contributed by atoms with van der Waals surface area (Å²) >= 11 is 0. The van der Waals surface area contributed by atoms with Crippen molar-refractivity contribution < 1.29 is 17.9 Å². The van der Waals surface area contributed by atoms with E-state index < -0.39 is 16.1 Å². The number of hydrogen-bond acceptors (Lipinski definition) is 5. The van der Waals surface area contributed by atoms with Crippen molar-refractivity contribution in [1.82, 2.24) is 4.72 Å². The van der Waals surface area contributed by atoms with E-state index in [1.165, 1.54) is 17.0 Å². The van der Waals surface area contributed by atoms with Crippen LogP contribution in [0.2, 0.25) is 0 Å². The van der Waals surface area contributed by atoms with Crippen LogP contribution in [0.4, 0.5) is 5.69 Å². The van der Waals surface area contributed by atoms with E-state index in [2.05, 4.69) is 4.72 Å². The number of para-hydroxylation sites is 2. The first-order valence-electron chi connectivity index (χ1n) is 7.96. The predicted octanol–water partition coefficient (Wildman–Crippen LogP) is 1.65. The van der Waals surface area contributed by atoms with Crippen molar-refractivity contribution in [3.8, 4) is 11.8 Å². The van der Waals surface area contributed by atoms with E-state index in [0.717, 1.165) is 0 Å². The molecule has 0 bridgehead atoms. The minimum Gasteiger partial charge on any atom is -0.478 e. The molecule has 1 atom stereocenters. The van der Waals surface area contributed by atoms with E-state index in [9.17, 15) is 13.2 Å². The number of likely N-dealkylation sites (N-methyl/N-ethyl adjacent to an activating group) is 1. The number of nitriles is 1. The number of amides is 1. The molecule has 1 unspecified atom stereocenters. The minimum absolute atomic E-state index is 0.00844. The van der Waals surface area contributed by atoms with E-state index in [1.807, 2.05) is 12.1 Å². The second kappa shape index (κ2) is 7.15. The Hall–Kier alpha value is -2.89. The summed E-state index contributed by atoms with van der Waals surface area (Å²) in [7, 11) is -2.19. The molecule has 1 heterocycles. The standard InChI is InChI=1S/C18H17N3O4S/c1-21-14-7-3-4-8-15(14)25-16(18(21)22)10-11-20-26(23,24)17-9-5-2-6-13(17)12-19/h2-9,16,20H,10-11H2,1H3. The maximum absolute atomic E-state index is 12.4. The van der Waals surface area contributed by atoms with Gasteiger partial charge in [-0.05, 0) is 24.3 Å². The molecule has 26 heavy (non-hydrogen) atoms. The van der Waals surface area contributed by atoms with Crippen LogP contribution >= 0.6 is 0 Å². The van der Waals surface area contributed by atoms with Gasteiger partial charge in [0.1, 0.15) is 11.8 Å². The summed E-state index contributed by atoms with van der Waals surface area (Å²) in [5.41, 5.74) is 0.746. The maximum atomic E-state index is 12.4. The summed E-state index contributed by atoms with van der Waals surface area (Å²) in [6.07, 6.45) is -0.602. The summed E-state index contributed by atoms with van der Waals surface area (Å²) in [5.74, 6) is 0.345. The fraction of sp³-hybridized carbons (Fsp3) is 0.222. The van der Waals surface area contributed by atoms with Crippen molar-refractivity contribution in [2.75, 3.05) is 18.5 Å². The number of carbonyl (C=O) groups excluding carboxylic acids is 1. The van der Waals surface area contributed by atoms with E-state index in [0.29, 0.717) is 11.4 Å². The summed E-state index contributed by atoms with van der Waals surface area (Å²) in [6.45, 7) is 0.00844. The third kappa shape index (κ3) is 3.40. The zero-order valence-corrected chi connectivity index (χ0v) is 14.9. The first-order chi connectivity index (χ1) is 12.4. The SMILES string of the molecule is CN1C(=O)C(CCNS(=O)(=O)c2ccccc2C#N)Oc2ccccc21. The fourth-order valence-corrected chi connectivity index (χ4v) is 3.95. The molecule has 1 aliphatic heterocycles. The molecule has 1 N–H and O–H groups in total. The molecule has 1 aliphatic rings. The summed E-state index contributed by atoms with van der Waals surface area (Å²) < 4.78 is 32.9. The Balaban J connectivity index is 1.69. The van der Waals surface area contributed by atoms with Crippen LogP contribution in [0.3, 0.4) is 0 Å². The number of nitrogens with one attached hydrogen (secondary N) is 1. The lowest BCUT2D eigenvalue weighted by molar-refractivity contribution is -0.126. The zero-order chi connectivity index (χ0) is 18.7. The minimum atomic E-state index is -3.85. The van der Waals surface area contributed by atoms with Gasteiger partial charge in [0, 0.05) is 20.0 Å². The van der Waals surface area contributed by atoms with Crippen LogP contribution in [0.1, 0.15) is 12.0 Å². The molecule has 0 aliphatic carbocycles. The molecule has 0 radical (unpaired) electrons. The number of fused-ring (bicyclic) bond motifs is 1. The number of benzene rings is 2. The summed E-state index contributed by atoms with van der Waals surface area (Å²) in [5, 5.41) is 9.06. The Morgan fingerprint density at radius 3 is 2.65 bits per heavy atom. The summed E-state index contributed by atoms with van der Waals surface area (Å²) in [4.78, 5) is 13.8. The van der Waals surface area contributed by atoms with Crippen LogP contribution < -0.4 is 14.4 Å². The number of anilines is 1. The topological polar surface area (TPSA) is 99.5 Å². The smallest absolute Gasteiger partial charge is 0.267 e. The van der Waals surface area contributed by atoms with Crippen molar-refractivity contribution in [2.24, 2.45) is 0 Å². The third-order valence-electron chi connectivity index (χ3n) is 4.10. The fourth-order valence-electron chi connectivity index (χ4n) is 2.75. The van der Waals surface area contributed by atoms with Gasteiger partial charge < -0.3 is 9.64 Å². The van der Waals surface area contributed by atoms with Crippen molar-refractivity contribution >= 4 is 21.6 Å². The average molecular weight is 371 g/mol. The third-order valence-corrected chi connectivity index (χ3v) is 5.62. The van der Waals surface area contributed by atoms with Gasteiger partial charge in [-0.3, -0.25) is 4.79 Å². The molecular weight excluding hydrogens is 354 g/mol. The number of rotatable bonds is 5. The van der Waals surface area contributed by atoms with Crippen molar-refractivity contribution in [1.29, 1.82) is 5.26 Å². The van der Waals surface area contributed by atoms with Gasteiger partial charge >= 0.3 is 0 Å². The molecule has 7 nitrogen and oxygen atoms in total. The van der Waals surface area contributed by atoms with Crippen LogP contribution in [0.25, 0.3) is 0 Å². The highest BCUT2D eigenvalue weighted by atomic mass is 32.2. The van der Waals surface area contributed by atoms with Gasteiger partial charge in [0.05, 0.1) is 16.1 Å². The van der Waals surface area contributed by atoms with Gasteiger partial charge in [0.2, 0.25) is 10.0 Å². The van der Waals surface area contributed by atoms with E-state index >= 15 is 0 Å². The Labute approximate surface area is 151 Å². The molecule has 3 rings (SSSR count). The normalized spacial score (nSPS) is 16.5. The van der Waals surface area contributed by atoms with Gasteiger partial charge in [-0.1, -0.05) is 24.3 Å². The lowest BCUT2D eigenvalue weighted by Gasteiger charge is -2.31. The van der Waals surface area contributed by atoms with Crippen LogP contribution in [0, 0.1) is 11.3 Å². The van der Waals surface area contributed by atoms with Crippen LogP contribution in [0.5, 0.6) is 5.75 Å². The Morgan fingerprint density at radius 1 is 1.19 bits per heavy atom. The van der Waals surface area contributed by atoms with Crippen molar-refractivity contribution in [3.63, 3.8) is 0 Å². The molecule has 0 saturated carbocycles. The van der Waals surface area contributed by atoms with Gasteiger partial charge in [-0.25, -0.2) is 13.1 Å². The number of carbonyl (C=O) groups is 1. The molecule has 2 aromatic rings. The van der Waals surface area contributed by atoms with Gasteiger partial charge in [0.15, 0.2) is 6.10 Å². The maximum Gasteiger partial charge on any atom is 0.267 e. The molecule has 134 valence electrons. The van der Waals surface area contributed by atoms with Gasteiger partial charge in [-0.2, -0.15) is 5.26 Å². The highest BCUT2D eigenvalue weighted by Gasteiger charge is 2.32. The predicted molar refractivity (Wildman–Crippen MR) is 95.2 cm³/mol.